The second-order valence-corrected chi connectivity index (χ2v) is 7.84. The molecule has 0 aliphatic carbocycles. The van der Waals surface area contributed by atoms with Crippen molar-refractivity contribution in [1.29, 1.82) is 0 Å². The van der Waals surface area contributed by atoms with Crippen molar-refractivity contribution in [1.82, 2.24) is 15.2 Å². The third-order valence-corrected chi connectivity index (χ3v) is 5.52. The lowest BCUT2D eigenvalue weighted by Gasteiger charge is -2.06. The van der Waals surface area contributed by atoms with Crippen molar-refractivity contribution in [3.05, 3.63) is 83.0 Å². The van der Waals surface area contributed by atoms with Crippen molar-refractivity contribution in [3.8, 4) is 11.5 Å². The van der Waals surface area contributed by atoms with E-state index in [0.29, 0.717) is 9.47 Å². The molecule has 0 saturated heterocycles. The third-order valence-electron chi connectivity index (χ3n) is 3.62. The number of nitrogens with one attached hydrogen (secondary N) is 1. The number of nitro groups is 1. The van der Waals surface area contributed by atoms with Gasteiger partial charge in [-0.2, -0.15) is 0 Å². The number of rotatable bonds is 7. The predicted molar refractivity (Wildman–Crippen MR) is 111 cm³/mol. The normalized spacial score (nSPS) is 10.5. The molecule has 2 aromatic heterocycles. The Kier molecular flexibility index (Phi) is 5.63. The summed E-state index contributed by atoms with van der Waals surface area (Å²) in [7, 11) is 0. The highest BCUT2D eigenvalue weighted by Crippen LogP contribution is 2.36. The van der Waals surface area contributed by atoms with Crippen LogP contribution < -0.4 is 10.1 Å². The minimum atomic E-state index is -0.464. The van der Waals surface area contributed by atoms with Crippen LogP contribution in [0.1, 0.15) is 0 Å². The van der Waals surface area contributed by atoms with Crippen molar-refractivity contribution in [2.24, 2.45) is 0 Å². The van der Waals surface area contributed by atoms with E-state index in [1.165, 1.54) is 29.7 Å². The monoisotopic (exact) mass is 423 g/mol. The Balaban J connectivity index is 1.41. The van der Waals surface area contributed by atoms with Crippen LogP contribution in [0.3, 0.4) is 0 Å². The summed E-state index contributed by atoms with van der Waals surface area (Å²) in [6.45, 7) is 0. The number of nitrogens with zero attached hydrogens (tertiary/aromatic N) is 4. The van der Waals surface area contributed by atoms with Crippen LogP contribution in [0.25, 0.3) is 0 Å². The molecule has 29 heavy (non-hydrogen) atoms. The van der Waals surface area contributed by atoms with E-state index >= 15 is 0 Å². The topological polar surface area (TPSA) is 103 Å². The summed E-state index contributed by atoms with van der Waals surface area (Å²) in [6.07, 6.45) is 1.51. The molecule has 4 aromatic rings. The van der Waals surface area contributed by atoms with Gasteiger partial charge in [-0.3, -0.25) is 10.1 Å². The Morgan fingerprint density at radius 1 is 0.966 bits per heavy atom. The van der Waals surface area contributed by atoms with Crippen LogP contribution in [-0.2, 0) is 0 Å². The van der Waals surface area contributed by atoms with Crippen molar-refractivity contribution >= 4 is 39.6 Å². The van der Waals surface area contributed by atoms with Gasteiger partial charge >= 0.3 is 5.69 Å². The van der Waals surface area contributed by atoms with Crippen LogP contribution in [0.5, 0.6) is 11.5 Å². The van der Waals surface area contributed by atoms with Gasteiger partial charge in [0.15, 0.2) is 9.37 Å². The molecule has 0 spiro atoms. The molecule has 0 radical (unpaired) electrons. The van der Waals surface area contributed by atoms with Crippen LogP contribution in [0.15, 0.2) is 82.3 Å². The lowest BCUT2D eigenvalue weighted by Crippen LogP contribution is -1.92. The zero-order valence-electron chi connectivity index (χ0n) is 14.8. The fourth-order valence-corrected chi connectivity index (χ4v) is 4.08. The van der Waals surface area contributed by atoms with Crippen molar-refractivity contribution in [2.45, 2.75) is 9.37 Å². The smallest absolute Gasteiger partial charge is 0.301 e. The Morgan fingerprint density at radius 3 is 2.48 bits per heavy atom. The van der Waals surface area contributed by atoms with Gasteiger partial charge in [0, 0.05) is 18.0 Å². The number of hydrogen-bond donors (Lipinski definition) is 1. The number of para-hydroxylation sites is 1. The number of aromatic nitrogens is 3. The van der Waals surface area contributed by atoms with Gasteiger partial charge < -0.3 is 10.1 Å². The van der Waals surface area contributed by atoms with Crippen LogP contribution in [-0.4, -0.2) is 20.1 Å². The van der Waals surface area contributed by atoms with Crippen LogP contribution in [0.4, 0.5) is 16.5 Å². The molecule has 10 heteroatoms. The van der Waals surface area contributed by atoms with E-state index in [4.69, 9.17) is 4.74 Å². The van der Waals surface area contributed by atoms with Gasteiger partial charge in [0.1, 0.15) is 11.5 Å². The van der Waals surface area contributed by atoms with E-state index in [9.17, 15) is 10.1 Å². The standard InChI is InChI=1S/C19H13N5O3S2/c25-24(26)16-7-4-12-20-17(16)28-19-23-22-18(29-19)21-13-8-10-15(11-9-13)27-14-5-2-1-3-6-14/h1-12H,(H,21,22). The first kappa shape index (κ1) is 18.8. The van der Waals surface area contributed by atoms with E-state index in [0.717, 1.165) is 28.9 Å². The number of benzene rings is 2. The molecule has 0 bridgehead atoms. The SMILES string of the molecule is O=[N+]([O-])c1cccnc1Sc1nnc(Nc2ccc(Oc3ccccc3)cc2)s1. The summed E-state index contributed by atoms with van der Waals surface area (Å²) >= 11 is 2.40. The molecule has 0 fully saturated rings. The minimum absolute atomic E-state index is 0.0591. The zero-order valence-corrected chi connectivity index (χ0v) is 16.4. The van der Waals surface area contributed by atoms with E-state index in [2.05, 4.69) is 20.5 Å². The first-order valence-electron chi connectivity index (χ1n) is 8.38. The molecule has 0 aliphatic heterocycles. The Bertz CT molecular complexity index is 1120. The molecule has 0 atom stereocenters. The van der Waals surface area contributed by atoms with Gasteiger partial charge in [-0.1, -0.05) is 29.5 Å². The highest BCUT2D eigenvalue weighted by atomic mass is 32.2. The van der Waals surface area contributed by atoms with Gasteiger partial charge in [-0.05, 0) is 54.2 Å². The molecule has 0 unspecified atom stereocenters. The first-order valence-corrected chi connectivity index (χ1v) is 10.0. The van der Waals surface area contributed by atoms with Gasteiger partial charge in [0.25, 0.3) is 0 Å². The minimum Gasteiger partial charge on any atom is -0.457 e. The summed E-state index contributed by atoms with van der Waals surface area (Å²) < 4.78 is 6.32. The Hall–Kier alpha value is -3.50. The van der Waals surface area contributed by atoms with Crippen LogP contribution in [0.2, 0.25) is 0 Å². The maximum absolute atomic E-state index is 11.1. The summed E-state index contributed by atoms with van der Waals surface area (Å²) in [5, 5.41) is 23.3. The number of pyridine rings is 1. The Labute approximate surface area is 173 Å². The fraction of sp³-hybridized carbons (Fsp3) is 0. The number of hydrogen-bond acceptors (Lipinski definition) is 9. The highest BCUT2D eigenvalue weighted by Gasteiger charge is 2.17. The second kappa shape index (κ2) is 8.67. The van der Waals surface area contributed by atoms with Crippen molar-refractivity contribution in [3.63, 3.8) is 0 Å². The second-order valence-electron chi connectivity index (χ2n) is 5.62. The predicted octanol–water partition coefficient (Wildman–Crippen LogP) is 5.53. The van der Waals surface area contributed by atoms with Crippen LogP contribution >= 0.6 is 23.1 Å². The Morgan fingerprint density at radius 2 is 1.72 bits per heavy atom. The lowest BCUT2D eigenvalue weighted by atomic mass is 10.3. The van der Waals surface area contributed by atoms with E-state index in [1.807, 2.05) is 54.6 Å². The van der Waals surface area contributed by atoms with Gasteiger partial charge in [0.05, 0.1) is 4.92 Å². The van der Waals surface area contributed by atoms with E-state index in [1.54, 1.807) is 0 Å². The van der Waals surface area contributed by atoms with Gasteiger partial charge in [-0.25, -0.2) is 4.98 Å². The summed E-state index contributed by atoms with van der Waals surface area (Å²) in [4.78, 5) is 14.7. The zero-order chi connectivity index (χ0) is 20.1. The summed E-state index contributed by atoms with van der Waals surface area (Å²) in [5.74, 6) is 1.49. The molecular formula is C19H13N5O3S2. The fourth-order valence-electron chi connectivity index (χ4n) is 2.34. The quantitative estimate of drug-likeness (QED) is 0.306. The molecule has 1 N–H and O–H groups in total. The highest BCUT2D eigenvalue weighted by molar-refractivity contribution is 8.01. The maximum Gasteiger partial charge on any atom is 0.301 e. The van der Waals surface area contributed by atoms with Gasteiger partial charge in [0.2, 0.25) is 5.13 Å². The van der Waals surface area contributed by atoms with E-state index < -0.39 is 4.92 Å². The molecular weight excluding hydrogens is 410 g/mol. The largest absolute Gasteiger partial charge is 0.457 e. The number of anilines is 2. The van der Waals surface area contributed by atoms with Gasteiger partial charge in [-0.15, -0.1) is 10.2 Å². The molecule has 144 valence electrons. The third kappa shape index (κ3) is 4.86. The maximum atomic E-state index is 11.1. The first-order chi connectivity index (χ1) is 14.2. The molecule has 0 aliphatic rings. The van der Waals surface area contributed by atoms with Crippen molar-refractivity contribution < 1.29 is 9.66 Å². The summed E-state index contributed by atoms with van der Waals surface area (Å²) in [6, 6.07) is 19.9. The molecule has 2 heterocycles. The molecule has 0 amide bonds. The van der Waals surface area contributed by atoms with Crippen LogP contribution in [0, 0.1) is 10.1 Å². The number of ether oxygens (including phenoxy) is 1. The van der Waals surface area contributed by atoms with Crippen molar-refractivity contribution in [2.75, 3.05) is 5.32 Å². The van der Waals surface area contributed by atoms with E-state index in [-0.39, 0.29) is 10.7 Å². The summed E-state index contributed by atoms with van der Waals surface area (Å²) in [5.41, 5.74) is 0.762. The average Bonchev–Trinajstić information content (AvgIpc) is 3.17. The lowest BCUT2D eigenvalue weighted by molar-refractivity contribution is -0.388. The average molecular weight is 423 g/mol. The molecule has 8 nitrogen and oxygen atoms in total. The molecule has 2 aromatic carbocycles. The molecule has 0 saturated carbocycles. The molecule has 4 rings (SSSR count).